The lowest BCUT2D eigenvalue weighted by Crippen LogP contribution is -2.49. The van der Waals surface area contributed by atoms with E-state index in [1.807, 2.05) is 4.90 Å². The largest absolute Gasteiger partial charge is 0.467 e. The summed E-state index contributed by atoms with van der Waals surface area (Å²) in [6.45, 7) is 6.99. The summed E-state index contributed by atoms with van der Waals surface area (Å²) in [4.78, 5) is 44.0. The Morgan fingerprint density at radius 1 is 0.909 bits per heavy atom. The number of carbonyl (C=O) groups excluding carboxylic acids is 3. The zero-order valence-corrected chi connectivity index (χ0v) is 18.7. The van der Waals surface area contributed by atoms with Crippen molar-refractivity contribution in [3.8, 4) is 0 Å². The van der Waals surface area contributed by atoms with Gasteiger partial charge in [-0.1, -0.05) is 12.1 Å². The van der Waals surface area contributed by atoms with E-state index in [9.17, 15) is 14.4 Å². The minimum Gasteiger partial charge on any atom is -0.467 e. The molecule has 168 valence electrons. The Hall–Kier alpha value is -3.87. The van der Waals surface area contributed by atoms with E-state index in [2.05, 4.69) is 36.9 Å². The number of aryl methyl sites for hydroxylation is 1. The fourth-order valence-electron chi connectivity index (χ4n) is 4.54. The SMILES string of the molecule is Cc1cccc(N2CCN(C(=O)c3ccc4c(c3)C(=O)N(Cc3ccco3)C4=O)CC2)c1C. The van der Waals surface area contributed by atoms with Crippen LogP contribution in [-0.2, 0) is 6.54 Å². The minimum absolute atomic E-state index is 0.0724. The summed E-state index contributed by atoms with van der Waals surface area (Å²) in [6.07, 6.45) is 1.50. The van der Waals surface area contributed by atoms with Crippen molar-refractivity contribution in [1.82, 2.24) is 9.80 Å². The lowest BCUT2D eigenvalue weighted by molar-refractivity contribution is 0.0631. The van der Waals surface area contributed by atoms with Gasteiger partial charge in [-0.3, -0.25) is 19.3 Å². The standard InChI is InChI=1S/C26H25N3O4/c1-17-5-3-7-23(18(17)2)27-10-12-28(13-11-27)24(30)19-8-9-21-22(15-19)26(32)29(25(21)31)16-20-6-4-14-33-20/h3-9,14-15H,10-13,16H2,1-2H3. The highest BCUT2D eigenvalue weighted by Gasteiger charge is 2.37. The predicted molar refractivity (Wildman–Crippen MR) is 123 cm³/mol. The Balaban J connectivity index is 1.29. The van der Waals surface area contributed by atoms with E-state index < -0.39 is 5.91 Å². The van der Waals surface area contributed by atoms with Crippen LogP contribution in [0.5, 0.6) is 0 Å². The van der Waals surface area contributed by atoms with Gasteiger partial charge < -0.3 is 14.2 Å². The van der Waals surface area contributed by atoms with Crippen molar-refractivity contribution in [2.45, 2.75) is 20.4 Å². The average molecular weight is 444 g/mol. The van der Waals surface area contributed by atoms with Gasteiger partial charge in [0.1, 0.15) is 5.76 Å². The van der Waals surface area contributed by atoms with E-state index in [0.717, 1.165) is 18.0 Å². The second kappa shape index (κ2) is 8.24. The molecule has 2 aliphatic rings. The van der Waals surface area contributed by atoms with Crippen LogP contribution in [0.2, 0.25) is 0 Å². The summed E-state index contributed by atoms with van der Waals surface area (Å²) in [5.41, 5.74) is 4.74. The van der Waals surface area contributed by atoms with Gasteiger partial charge in [-0.05, 0) is 61.4 Å². The van der Waals surface area contributed by atoms with Gasteiger partial charge in [0.25, 0.3) is 17.7 Å². The second-order valence-electron chi connectivity index (χ2n) is 8.53. The molecule has 3 aromatic rings. The molecule has 0 bridgehead atoms. The van der Waals surface area contributed by atoms with Gasteiger partial charge in [-0.25, -0.2) is 0 Å². The zero-order valence-electron chi connectivity index (χ0n) is 18.7. The molecule has 33 heavy (non-hydrogen) atoms. The number of benzene rings is 2. The summed E-state index contributed by atoms with van der Waals surface area (Å²) in [6, 6.07) is 14.5. The van der Waals surface area contributed by atoms with Crippen LogP contribution in [0, 0.1) is 13.8 Å². The molecule has 1 fully saturated rings. The number of piperazine rings is 1. The van der Waals surface area contributed by atoms with Crippen molar-refractivity contribution in [1.29, 1.82) is 0 Å². The van der Waals surface area contributed by atoms with Crippen molar-refractivity contribution in [3.05, 3.63) is 88.4 Å². The number of anilines is 1. The van der Waals surface area contributed by atoms with Crippen LogP contribution in [0.4, 0.5) is 5.69 Å². The van der Waals surface area contributed by atoms with Gasteiger partial charge in [0.15, 0.2) is 0 Å². The number of hydrogen-bond acceptors (Lipinski definition) is 5. The average Bonchev–Trinajstić information content (AvgIpc) is 3.43. The molecule has 1 saturated heterocycles. The third-order valence-electron chi connectivity index (χ3n) is 6.60. The van der Waals surface area contributed by atoms with Crippen LogP contribution < -0.4 is 4.90 Å². The number of rotatable bonds is 4. The monoisotopic (exact) mass is 443 g/mol. The quantitative estimate of drug-likeness (QED) is 0.576. The molecule has 0 saturated carbocycles. The summed E-state index contributed by atoms with van der Waals surface area (Å²) < 4.78 is 5.28. The number of amides is 3. The molecular formula is C26H25N3O4. The van der Waals surface area contributed by atoms with E-state index >= 15 is 0 Å². The topological polar surface area (TPSA) is 74.1 Å². The fourth-order valence-corrected chi connectivity index (χ4v) is 4.54. The smallest absolute Gasteiger partial charge is 0.261 e. The molecule has 0 radical (unpaired) electrons. The predicted octanol–water partition coefficient (Wildman–Crippen LogP) is 3.66. The molecule has 0 aliphatic carbocycles. The highest BCUT2D eigenvalue weighted by atomic mass is 16.3. The Kier molecular flexibility index (Phi) is 5.24. The maximum Gasteiger partial charge on any atom is 0.261 e. The Morgan fingerprint density at radius 3 is 2.39 bits per heavy atom. The van der Waals surface area contributed by atoms with E-state index in [1.165, 1.54) is 23.1 Å². The van der Waals surface area contributed by atoms with Gasteiger partial charge in [0, 0.05) is 37.4 Å². The lowest BCUT2D eigenvalue weighted by Gasteiger charge is -2.37. The van der Waals surface area contributed by atoms with Gasteiger partial charge in [-0.2, -0.15) is 0 Å². The molecule has 7 heteroatoms. The molecule has 0 N–H and O–H groups in total. The van der Waals surface area contributed by atoms with Gasteiger partial charge in [0.05, 0.1) is 23.9 Å². The highest BCUT2D eigenvalue weighted by molar-refractivity contribution is 6.22. The number of fused-ring (bicyclic) bond motifs is 1. The normalized spacial score (nSPS) is 15.9. The number of nitrogens with zero attached hydrogens (tertiary/aromatic N) is 3. The Labute approximate surface area is 192 Å². The van der Waals surface area contributed by atoms with Crippen molar-refractivity contribution < 1.29 is 18.8 Å². The van der Waals surface area contributed by atoms with Crippen LogP contribution in [0.3, 0.4) is 0 Å². The first kappa shape index (κ1) is 21.0. The van der Waals surface area contributed by atoms with Crippen LogP contribution in [-0.4, -0.2) is 53.7 Å². The van der Waals surface area contributed by atoms with Gasteiger partial charge >= 0.3 is 0 Å². The number of hydrogen-bond donors (Lipinski definition) is 0. The first-order valence-corrected chi connectivity index (χ1v) is 11.1. The maximum atomic E-state index is 13.2. The lowest BCUT2D eigenvalue weighted by atomic mass is 10.0. The van der Waals surface area contributed by atoms with Crippen LogP contribution in [0.25, 0.3) is 0 Å². The molecule has 3 heterocycles. The van der Waals surface area contributed by atoms with Crippen molar-refractivity contribution >= 4 is 23.4 Å². The molecule has 0 atom stereocenters. The summed E-state index contributed by atoms with van der Waals surface area (Å²) in [5, 5.41) is 0. The maximum absolute atomic E-state index is 13.2. The fraction of sp³-hybridized carbons (Fsp3) is 0.269. The number of furan rings is 1. The van der Waals surface area contributed by atoms with Crippen LogP contribution in [0.15, 0.2) is 59.2 Å². The summed E-state index contributed by atoms with van der Waals surface area (Å²) >= 11 is 0. The summed E-state index contributed by atoms with van der Waals surface area (Å²) in [5.74, 6) is -0.362. The number of carbonyl (C=O) groups is 3. The third kappa shape index (κ3) is 3.69. The van der Waals surface area contributed by atoms with Crippen LogP contribution >= 0.6 is 0 Å². The highest BCUT2D eigenvalue weighted by Crippen LogP contribution is 2.27. The van der Waals surface area contributed by atoms with Gasteiger partial charge in [-0.15, -0.1) is 0 Å². The van der Waals surface area contributed by atoms with Crippen LogP contribution in [0.1, 0.15) is 48.0 Å². The summed E-state index contributed by atoms with van der Waals surface area (Å²) in [7, 11) is 0. The first-order chi connectivity index (χ1) is 15.9. The molecule has 0 spiro atoms. The first-order valence-electron chi connectivity index (χ1n) is 11.1. The number of imide groups is 1. The van der Waals surface area contributed by atoms with Crippen molar-refractivity contribution in [2.75, 3.05) is 31.1 Å². The van der Waals surface area contributed by atoms with E-state index in [0.29, 0.717) is 30.0 Å². The molecule has 1 aromatic heterocycles. The van der Waals surface area contributed by atoms with Crippen molar-refractivity contribution in [3.63, 3.8) is 0 Å². The zero-order chi connectivity index (χ0) is 23.1. The molecule has 2 aromatic carbocycles. The Bertz CT molecular complexity index is 1240. The van der Waals surface area contributed by atoms with Crippen molar-refractivity contribution in [2.24, 2.45) is 0 Å². The molecule has 0 unspecified atom stereocenters. The Morgan fingerprint density at radius 2 is 1.67 bits per heavy atom. The second-order valence-corrected chi connectivity index (χ2v) is 8.53. The van der Waals surface area contributed by atoms with E-state index in [-0.39, 0.29) is 23.9 Å². The molecule has 2 aliphatic heterocycles. The van der Waals surface area contributed by atoms with Gasteiger partial charge in [0.2, 0.25) is 0 Å². The molecular weight excluding hydrogens is 418 g/mol. The van der Waals surface area contributed by atoms with E-state index in [1.54, 1.807) is 30.3 Å². The minimum atomic E-state index is -0.402. The van der Waals surface area contributed by atoms with E-state index in [4.69, 9.17) is 4.42 Å². The molecule has 5 rings (SSSR count). The third-order valence-corrected chi connectivity index (χ3v) is 6.60. The molecule has 7 nitrogen and oxygen atoms in total. The molecule has 3 amide bonds.